The number of aromatic amines is 1. The number of hydrogen-bond acceptors (Lipinski definition) is 4. The van der Waals surface area contributed by atoms with Gasteiger partial charge in [0.15, 0.2) is 0 Å². The van der Waals surface area contributed by atoms with Gasteiger partial charge in [-0.25, -0.2) is 0 Å². The molecule has 0 fully saturated rings. The van der Waals surface area contributed by atoms with Gasteiger partial charge in [-0.1, -0.05) is 24.3 Å². The van der Waals surface area contributed by atoms with Crippen LogP contribution in [0.15, 0.2) is 60.9 Å². The molecule has 0 saturated carbocycles. The van der Waals surface area contributed by atoms with Gasteiger partial charge in [0.1, 0.15) is 5.69 Å². The minimum Gasteiger partial charge on any atom is -0.254 e. The van der Waals surface area contributed by atoms with Crippen LogP contribution in [-0.4, -0.2) is 20.4 Å². The maximum atomic E-state index is 8.29. The molecule has 19 heavy (non-hydrogen) atoms. The highest BCUT2D eigenvalue weighted by Gasteiger charge is 1.98. The molecule has 0 bridgehead atoms. The van der Waals surface area contributed by atoms with E-state index in [4.69, 9.17) is 5.26 Å². The van der Waals surface area contributed by atoms with E-state index in [1.54, 1.807) is 24.5 Å². The number of nitrogens with zero attached hydrogens (tertiary/aromatic N) is 4. The first-order valence-electron chi connectivity index (χ1n) is 5.62. The Morgan fingerprint density at radius 2 is 1.74 bits per heavy atom. The maximum absolute atomic E-state index is 8.29. The zero-order valence-electron chi connectivity index (χ0n) is 10.1. The van der Waals surface area contributed by atoms with Crippen molar-refractivity contribution in [3.8, 4) is 17.5 Å². The van der Waals surface area contributed by atoms with Crippen LogP contribution in [-0.2, 0) is 0 Å². The summed E-state index contributed by atoms with van der Waals surface area (Å²) in [4.78, 5) is 4.10. The summed E-state index contributed by atoms with van der Waals surface area (Å²) in [6, 6.07) is 16.8. The summed E-state index contributed by atoms with van der Waals surface area (Å²) in [5.41, 5.74) is 2.32. The molecule has 2 aromatic heterocycles. The zero-order chi connectivity index (χ0) is 13.3. The van der Waals surface area contributed by atoms with Crippen LogP contribution in [0.5, 0.6) is 0 Å². The summed E-state index contributed by atoms with van der Waals surface area (Å²) in [5, 5.41) is 18.4. The SMILES string of the molecule is N#Cc1ccccc1.c1ccc(-c2cn[nH]n2)nc1. The van der Waals surface area contributed by atoms with Crippen molar-refractivity contribution in [3.05, 3.63) is 66.5 Å². The van der Waals surface area contributed by atoms with E-state index in [2.05, 4.69) is 20.4 Å². The van der Waals surface area contributed by atoms with Crippen LogP contribution in [0, 0.1) is 11.3 Å². The number of nitriles is 1. The number of aromatic nitrogens is 4. The Labute approximate surface area is 110 Å². The monoisotopic (exact) mass is 249 g/mol. The standard InChI is InChI=1S/C7H6N4.C7H5N/c1-2-4-8-6(3-1)7-5-9-11-10-7;8-6-7-4-2-1-3-5-7/h1-5H,(H,9,10,11);1-5H. The Hall–Kier alpha value is -3.00. The van der Waals surface area contributed by atoms with Crippen molar-refractivity contribution in [1.29, 1.82) is 5.26 Å². The average Bonchev–Trinajstić information content (AvgIpc) is 3.04. The van der Waals surface area contributed by atoms with Crippen LogP contribution < -0.4 is 0 Å². The molecular weight excluding hydrogens is 238 g/mol. The molecular formula is C14H11N5. The highest BCUT2D eigenvalue weighted by Crippen LogP contribution is 2.09. The van der Waals surface area contributed by atoms with E-state index in [9.17, 15) is 0 Å². The second-order valence-electron chi connectivity index (χ2n) is 3.55. The molecule has 0 unspecified atom stereocenters. The lowest BCUT2D eigenvalue weighted by Gasteiger charge is -1.89. The molecule has 92 valence electrons. The van der Waals surface area contributed by atoms with E-state index < -0.39 is 0 Å². The molecule has 3 rings (SSSR count). The van der Waals surface area contributed by atoms with Gasteiger partial charge in [-0.15, -0.1) is 0 Å². The van der Waals surface area contributed by atoms with Gasteiger partial charge >= 0.3 is 0 Å². The van der Waals surface area contributed by atoms with Crippen molar-refractivity contribution in [2.75, 3.05) is 0 Å². The van der Waals surface area contributed by atoms with Crippen molar-refractivity contribution in [3.63, 3.8) is 0 Å². The molecule has 0 saturated heterocycles. The minimum absolute atomic E-state index is 0.715. The van der Waals surface area contributed by atoms with Gasteiger partial charge < -0.3 is 0 Å². The number of pyridine rings is 1. The quantitative estimate of drug-likeness (QED) is 0.718. The van der Waals surface area contributed by atoms with Crippen LogP contribution in [0.4, 0.5) is 0 Å². The number of rotatable bonds is 1. The molecule has 0 atom stereocenters. The largest absolute Gasteiger partial charge is 0.254 e. The van der Waals surface area contributed by atoms with Gasteiger partial charge in [-0.05, 0) is 24.3 Å². The Kier molecular flexibility index (Phi) is 4.37. The molecule has 0 aliphatic rings. The molecule has 0 aliphatic carbocycles. The second-order valence-corrected chi connectivity index (χ2v) is 3.55. The molecule has 5 nitrogen and oxygen atoms in total. The van der Waals surface area contributed by atoms with Gasteiger partial charge in [-0.3, -0.25) is 4.98 Å². The third-order valence-corrected chi connectivity index (χ3v) is 2.25. The fourth-order valence-electron chi connectivity index (χ4n) is 1.35. The molecule has 3 aromatic rings. The number of nitrogens with one attached hydrogen (secondary N) is 1. The third-order valence-electron chi connectivity index (χ3n) is 2.25. The third kappa shape index (κ3) is 3.75. The number of hydrogen-bond donors (Lipinski definition) is 1. The fraction of sp³-hybridized carbons (Fsp3) is 0. The predicted octanol–water partition coefficient (Wildman–Crippen LogP) is 2.42. The fourth-order valence-corrected chi connectivity index (χ4v) is 1.35. The van der Waals surface area contributed by atoms with Crippen molar-refractivity contribution >= 4 is 0 Å². The maximum Gasteiger partial charge on any atom is 0.131 e. The van der Waals surface area contributed by atoms with Crippen LogP contribution in [0.3, 0.4) is 0 Å². The van der Waals surface area contributed by atoms with Crippen LogP contribution >= 0.6 is 0 Å². The highest BCUT2D eigenvalue weighted by atomic mass is 15.3. The zero-order valence-corrected chi connectivity index (χ0v) is 10.1. The summed E-state index contributed by atoms with van der Waals surface area (Å²) in [6.07, 6.45) is 3.37. The summed E-state index contributed by atoms with van der Waals surface area (Å²) < 4.78 is 0. The molecule has 2 heterocycles. The molecule has 0 amide bonds. The lowest BCUT2D eigenvalue weighted by Crippen LogP contribution is -1.80. The van der Waals surface area contributed by atoms with Crippen LogP contribution in [0.1, 0.15) is 5.56 Å². The van der Waals surface area contributed by atoms with E-state index >= 15 is 0 Å². The topological polar surface area (TPSA) is 78.2 Å². The average molecular weight is 249 g/mol. The molecule has 1 N–H and O–H groups in total. The Balaban J connectivity index is 0.000000148. The predicted molar refractivity (Wildman–Crippen MR) is 70.8 cm³/mol. The summed E-state index contributed by atoms with van der Waals surface area (Å²) >= 11 is 0. The van der Waals surface area contributed by atoms with Gasteiger partial charge in [0.25, 0.3) is 0 Å². The molecule has 5 heteroatoms. The number of H-pyrrole nitrogens is 1. The van der Waals surface area contributed by atoms with Crippen molar-refractivity contribution in [2.24, 2.45) is 0 Å². The summed E-state index contributed by atoms with van der Waals surface area (Å²) in [6.45, 7) is 0. The van der Waals surface area contributed by atoms with E-state index in [0.29, 0.717) is 5.56 Å². The molecule has 0 spiro atoms. The van der Waals surface area contributed by atoms with Gasteiger partial charge in [0.2, 0.25) is 0 Å². The van der Waals surface area contributed by atoms with E-state index in [1.807, 2.05) is 42.5 Å². The van der Waals surface area contributed by atoms with Gasteiger partial charge in [0, 0.05) is 6.20 Å². The van der Waals surface area contributed by atoms with Crippen molar-refractivity contribution in [1.82, 2.24) is 20.4 Å². The van der Waals surface area contributed by atoms with E-state index in [1.165, 1.54) is 0 Å². The molecule has 0 aliphatic heterocycles. The highest BCUT2D eigenvalue weighted by molar-refractivity contribution is 5.50. The van der Waals surface area contributed by atoms with Crippen molar-refractivity contribution < 1.29 is 0 Å². The number of benzene rings is 1. The van der Waals surface area contributed by atoms with Gasteiger partial charge in [0.05, 0.1) is 23.5 Å². The molecule has 1 aromatic carbocycles. The first-order chi connectivity index (χ1) is 9.40. The smallest absolute Gasteiger partial charge is 0.131 e. The normalized spacial score (nSPS) is 9.00. The first-order valence-corrected chi connectivity index (χ1v) is 5.62. The van der Waals surface area contributed by atoms with Crippen LogP contribution in [0.25, 0.3) is 11.4 Å². The van der Waals surface area contributed by atoms with Crippen LogP contribution in [0.2, 0.25) is 0 Å². The van der Waals surface area contributed by atoms with E-state index in [-0.39, 0.29) is 0 Å². The lowest BCUT2D eigenvalue weighted by atomic mass is 10.2. The van der Waals surface area contributed by atoms with E-state index in [0.717, 1.165) is 11.4 Å². The summed E-state index contributed by atoms with van der Waals surface area (Å²) in [7, 11) is 0. The Morgan fingerprint density at radius 1 is 0.947 bits per heavy atom. The molecule has 0 radical (unpaired) electrons. The lowest BCUT2D eigenvalue weighted by molar-refractivity contribution is 0.941. The second kappa shape index (κ2) is 6.67. The minimum atomic E-state index is 0.715. The Bertz CT molecular complexity index is 627. The first kappa shape index (κ1) is 12.5. The Morgan fingerprint density at radius 3 is 2.26 bits per heavy atom. The van der Waals surface area contributed by atoms with Gasteiger partial charge in [-0.2, -0.15) is 20.7 Å². The van der Waals surface area contributed by atoms with Crippen molar-refractivity contribution in [2.45, 2.75) is 0 Å². The summed E-state index contributed by atoms with van der Waals surface area (Å²) in [5.74, 6) is 0.